The molecule has 0 bridgehead atoms. The molecule has 8 nitrogen and oxygen atoms in total. The van der Waals surface area contributed by atoms with Crippen molar-refractivity contribution in [2.45, 2.75) is 69.0 Å². The molecule has 170 valence electrons. The van der Waals surface area contributed by atoms with Gasteiger partial charge in [-0.05, 0) is 56.9 Å². The summed E-state index contributed by atoms with van der Waals surface area (Å²) in [5.74, 6) is 0.846. The lowest BCUT2D eigenvalue weighted by Gasteiger charge is -2.24. The van der Waals surface area contributed by atoms with Gasteiger partial charge in [-0.3, -0.25) is 4.79 Å². The summed E-state index contributed by atoms with van der Waals surface area (Å²) in [5, 5.41) is 12.1. The largest absolute Gasteiger partial charge is 0.325 e. The van der Waals surface area contributed by atoms with Crippen molar-refractivity contribution in [2.75, 3.05) is 25.2 Å². The van der Waals surface area contributed by atoms with Crippen molar-refractivity contribution >= 4 is 33.4 Å². The summed E-state index contributed by atoms with van der Waals surface area (Å²) in [6.45, 7) is 5.66. The third-order valence-corrected chi connectivity index (χ3v) is 8.54. The highest BCUT2D eigenvalue weighted by Gasteiger charge is 2.23. The Morgan fingerprint density at radius 3 is 2.48 bits per heavy atom. The molecule has 1 amide bonds. The van der Waals surface area contributed by atoms with Crippen molar-refractivity contribution in [3.05, 3.63) is 29.1 Å². The molecule has 1 N–H and O–H groups in total. The number of thioether (sulfide) groups is 1. The number of nitrogens with one attached hydrogen (secondary N) is 1. The van der Waals surface area contributed by atoms with Gasteiger partial charge in [0, 0.05) is 25.8 Å². The Kier molecular flexibility index (Phi) is 7.43. The number of hydrogen-bond donors (Lipinski definition) is 1. The first-order valence-electron chi connectivity index (χ1n) is 10.5. The topological polar surface area (TPSA) is 97.2 Å². The van der Waals surface area contributed by atoms with Crippen LogP contribution in [0, 0.1) is 20.8 Å². The normalized spacial score (nSPS) is 15.4. The molecule has 0 saturated heterocycles. The molecule has 0 spiro atoms. The van der Waals surface area contributed by atoms with Crippen molar-refractivity contribution < 1.29 is 13.2 Å². The monoisotopic (exact) mass is 465 g/mol. The molecule has 1 aromatic carbocycles. The fraction of sp³-hybridized carbons (Fsp3) is 0.571. The van der Waals surface area contributed by atoms with E-state index in [4.69, 9.17) is 0 Å². The van der Waals surface area contributed by atoms with E-state index in [0.717, 1.165) is 34.9 Å². The molecule has 31 heavy (non-hydrogen) atoms. The number of carbonyl (C=O) groups excluding carboxylic acids is 1. The van der Waals surface area contributed by atoms with E-state index in [0.29, 0.717) is 11.7 Å². The van der Waals surface area contributed by atoms with E-state index in [1.165, 1.54) is 55.5 Å². The van der Waals surface area contributed by atoms with Gasteiger partial charge in [0.1, 0.15) is 5.82 Å². The van der Waals surface area contributed by atoms with Gasteiger partial charge in [0.15, 0.2) is 5.16 Å². The number of amides is 1. The van der Waals surface area contributed by atoms with Crippen LogP contribution in [0.5, 0.6) is 0 Å². The molecule has 0 aliphatic heterocycles. The predicted octanol–water partition coefficient (Wildman–Crippen LogP) is 3.69. The van der Waals surface area contributed by atoms with Gasteiger partial charge in [-0.15, -0.1) is 10.2 Å². The Balaban J connectivity index is 1.73. The minimum absolute atomic E-state index is 0.163. The van der Waals surface area contributed by atoms with Crippen LogP contribution < -0.4 is 5.32 Å². The second-order valence-corrected chi connectivity index (χ2v) is 11.3. The first kappa shape index (κ1) is 23.7. The average molecular weight is 466 g/mol. The lowest BCUT2D eigenvalue weighted by atomic mass is 9.95. The molecule has 1 saturated carbocycles. The van der Waals surface area contributed by atoms with Crippen molar-refractivity contribution in [3.63, 3.8) is 0 Å². The molecule has 3 rings (SSSR count). The highest BCUT2D eigenvalue weighted by atomic mass is 32.2. The molecular weight excluding hydrogens is 434 g/mol. The maximum Gasteiger partial charge on any atom is 0.242 e. The minimum Gasteiger partial charge on any atom is -0.325 e. The maximum atomic E-state index is 12.7. The van der Waals surface area contributed by atoms with Crippen molar-refractivity contribution in [3.8, 4) is 0 Å². The Hall–Kier alpha value is -1.91. The van der Waals surface area contributed by atoms with Crippen LogP contribution in [0.15, 0.2) is 22.2 Å². The molecule has 0 unspecified atom stereocenters. The van der Waals surface area contributed by atoms with Gasteiger partial charge in [-0.2, -0.15) is 0 Å². The van der Waals surface area contributed by atoms with E-state index in [1.807, 2.05) is 20.8 Å². The molecular formula is C21H31N5O3S2. The van der Waals surface area contributed by atoms with Gasteiger partial charge in [-0.25, -0.2) is 12.7 Å². The number of benzene rings is 1. The number of carbonyl (C=O) groups is 1. The number of nitrogens with zero attached hydrogens (tertiary/aromatic N) is 4. The highest BCUT2D eigenvalue weighted by molar-refractivity contribution is 7.99. The molecule has 0 radical (unpaired) electrons. The summed E-state index contributed by atoms with van der Waals surface area (Å²) in [7, 11) is -0.610. The summed E-state index contributed by atoms with van der Waals surface area (Å²) < 4.78 is 28.4. The third kappa shape index (κ3) is 5.30. The molecule has 1 aliphatic rings. The number of sulfonamides is 1. The zero-order valence-corrected chi connectivity index (χ0v) is 20.4. The standard InChI is InChI=1S/C21H31N5O3S2/c1-14-11-18(31(28,29)25(4)5)12-19(15(14)2)22-20(27)13-30-21-24-23-16(3)26(21)17-9-7-6-8-10-17/h11-12,17H,6-10,13H2,1-5H3,(H,22,27). The third-order valence-electron chi connectivity index (χ3n) is 5.80. The van der Waals surface area contributed by atoms with Crippen LogP contribution in [-0.4, -0.2) is 53.2 Å². The fourth-order valence-corrected chi connectivity index (χ4v) is 5.71. The van der Waals surface area contributed by atoms with Crippen LogP contribution in [0.4, 0.5) is 5.69 Å². The Labute approximate surface area is 188 Å². The van der Waals surface area contributed by atoms with Gasteiger partial charge in [0.05, 0.1) is 10.6 Å². The summed E-state index contributed by atoms with van der Waals surface area (Å²) in [4.78, 5) is 12.9. The summed E-state index contributed by atoms with van der Waals surface area (Å²) >= 11 is 1.36. The Morgan fingerprint density at radius 1 is 1.16 bits per heavy atom. The quantitative estimate of drug-likeness (QED) is 0.627. The van der Waals surface area contributed by atoms with Gasteiger partial charge in [0.25, 0.3) is 0 Å². The Bertz CT molecular complexity index is 1060. The average Bonchev–Trinajstić information content (AvgIpc) is 3.10. The van der Waals surface area contributed by atoms with Crippen LogP contribution in [0.1, 0.15) is 55.1 Å². The molecule has 2 aromatic rings. The molecule has 1 aliphatic carbocycles. The van der Waals surface area contributed by atoms with E-state index in [1.54, 1.807) is 6.07 Å². The number of aromatic nitrogens is 3. The van der Waals surface area contributed by atoms with Gasteiger partial charge < -0.3 is 9.88 Å². The van der Waals surface area contributed by atoms with Crippen molar-refractivity contribution in [2.24, 2.45) is 0 Å². The number of rotatable bonds is 7. The van der Waals surface area contributed by atoms with Crippen LogP contribution in [-0.2, 0) is 14.8 Å². The smallest absolute Gasteiger partial charge is 0.242 e. The van der Waals surface area contributed by atoms with Crippen molar-refractivity contribution in [1.29, 1.82) is 0 Å². The van der Waals surface area contributed by atoms with E-state index in [2.05, 4.69) is 20.1 Å². The minimum atomic E-state index is -3.59. The van der Waals surface area contributed by atoms with Crippen LogP contribution in [0.2, 0.25) is 0 Å². The maximum absolute atomic E-state index is 12.7. The summed E-state index contributed by atoms with van der Waals surface area (Å²) in [6, 6.07) is 3.55. The second kappa shape index (κ2) is 9.70. The van der Waals surface area contributed by atoms with E-state index < -0.39 is 10.0 Å². The molecule has 1 aromatic heterocycles. The predicted molar refractivity (Wildman–Crippen MR) is 123 cm³/mol. The number of hydrogen-bond acceptors (Lipinski definition) is 6. The van der Waals surface area contributed by atoms with E-state index in [9.17, 15) is 13.2 Å². The molecule has 1 heterocycles. The van der Waals surface area contributed by atoms with Gasteiger partial charge in [0.2, 0.25) is 15.9 Å². The van der Waals surface area contributed by atoms with Crippen LogP contribution in [0.3, 0.4) is 0 Å². The van der Waals surface area contributed by atoms with Gasteiger partial charge >= 0.3 is 0 Å². The second-order valence-electron chi connectivity index (χ2n) is 8.23. The molecule has 1 fully saturated rings. The zero-order chi connectivity index (χ0) is 22.8. The Morgan fingerprint density at radius 2 is 1.84 bits per heavy atom. The molecule has 10 heteroatoms. The van der Waals surface area contributed by atoms with Gasteiger partial charge in [-0.1, -0.05) is 31.0 Å². The molecule has 0 atom stereocenters. The number of aryl methyl sites for hydroxylation is 2. The van der Waals surface area contributed by atoms with Crippen molar-refractivity contribution in [1.82, 2.24) is 19.1 Å². The first-order chi connectivity index (χ1) is 14.6. The fourth-order valence-electron chi connectivity index (χ4n) is 3.84. The first-order valence-corrected chi connectivity index (χ1v) is 12.9. The summed E-state index contributed by atoms with van der Waals surface area (Å²) in [5.41, 5.74) is 2.16. The van der Waals surface area contributed by atoms with E-state index in [-0.39, 0.29) is 16.6 Å². The SMILES string of the molecule is Cc1cc(S(=O)(=O)N(C)C)cc(NC(=O)CSc2nnc(C)n2C2CCCCC2)c1C. The van der Waals surface area contributed by atoms with Crippen LogP contribution in [0.25, 0.3) is 0 Å². The van der Waals surface area contributed by atoms with Crippen LogP contribution >= 0.6 is 11.8 Å². The zero-order valence-electron chi connectivity index (χ0n) is 18.8. The summed E-state index contributed by atoms with van der Waals surface area (Å²) in [6.07, 6.45) is 5.91. The number of anilines is 1. The lowest BCUT2D eigenvalue weighted by molar-refractivity contribution is -0.113. The highest BCUT2D eigenvalue weighted by Crippen LogP contribution is 2.32. The van der Waals surface area contributed by atoms with E-state index >= 15 is 0 Å². The lowest BCUT2D eigenvalue weighted by Crippen LogP contribution is -2.23.